The molecule has 0 radical (unpaired) electrons. The highest BCUT2D eigenvalue weighted by Gasteiger charge is 2.42. The third-order valence-electron chi connectivity index (χ3n) is 3.16. The Bertz CT molecular complexity index is 813. The monoisotopic (exact) mass is 341 g/mol. The number of hydrogen-bond acceptors (Lipinski definition) is 7. The van der Waals surface area contributed by atoms with Gasteiger partial charge in [-0.1, -0.05) is 4.68 Å². The molecule has 9 nitrogen and oxygen atoms in total. The molecule has 1 aliphatic heterocycles. The Balaban J connectivity index is 2.07. The first kappa shape index (κ1) is 15.7. The summed E-state index contributed by atoms with van der Waals surface area (Å²) in [6.07, 6.45) is 0.368. The van der Waals surface area contributed by atoms with Gasteiger partial charge in [0.25, 0.3) is 5.69 Å². The van der Waals surface area contributed by atoms with E-state index >= 15 is 0 Å². The fraction of sp³-hybridized carbons (Fsp3) is 0.250. The molecule has 3 rings (SSSR count). The molecule has 0 fully saturated rings. The van der Waals surface area contributed by atoms with Gasteiger partial charge >= 0.3 is 6.18 Å². The van der Waals surface area contributed by atoms with Crippen LogP contribution in [0.4, 0.5) is 19.0 Å². The Morgan fingerprint density at radius 1 is 1.33 bits per heavy atom. The molecule has 2 aromatic heterocycles. The summed E-state index contributed by atoms with van der Waals surface area (Å²) >= 11 is 0. The first-order chi connectivity index (χ1) is 11.4. The lowest BCUT2D eigenvalue weighted by molar-refractivity contribution is -0.655. The number of aryl methyl sites for hydroxylation is 1. The molecule has 0 amide bonds. The van der Waals surface area contributed by atoms with Gasteiger partial charge in [0.1, 0.15) is 11.9 Å². The Hall–Kier alpha value is -3.18. The van der Waals surface area contributed by atoms with Gasteiger partial charge in [-0.05, 0) is 12.1 Å². The molecule has 0 saturated carbocycles. The molecule has 12 heteroatoms. The number of aromatic amines is 1. The van der Waals surface area contributed by atoms with Crippen molar-refractivity contribution in [3.05, 3.63) is 35.6 Å². The van der Waals surface area contributed by atoms with E-state index in [1.165, 1.54) is 25.6 Å². The summed E-state index contributed by atoms with van der Waals surface area (Å²) in [5, 5.41) is 18.1. The molecule has 0 unspecified atom stereocenters. The van der Waals surface area contributed by atoms with Crippen LogP contribution in [0.3, 0.4) is 0 Å². The van der Waals surface area contributed by atoms with Crippen LogP contribution in [0, 0.1) is 6.92 Å². The number of hydrazine groups is 1. The molecule has 24 heavy (non-hydrogen) atoms. The number of anilines is 1. The van der Waals surface area contributed by atoms with Crippen LogP contribution in [0.1, 0.15) is 11.3 Å². The number of aromatic nitrogens is 5. The average Bonchev–Trinajstić information content (AvgIpc) is 3.01. The fourth-order valence-electron chi connectivity index (χ4n) is 2.02. The van der Waals surface area contributed by atoms with Crippen LogP contribution in [0.5, 0.6) is 0 Å². The summed E-state index contributed by atoms with van der Waals surface area (Å²) in [6, 6.07) is 0. The standard InChI is InChI=1S/C12H11F3N8O/c1-7-9(5-16-21-18-7)22-6-8(12(13,14)15)11(20-22)23-17-4-3-10(19-23)24-2/h3-6H,1-2H3,(H,17,19)/p+1. The zero-order valence-electron chi connectivity index (χ0n) is 12.5. The predicted molar refractivity (Wildman–Crippen MR) is 74.6 cm³/mol. The van der Waals surface area contributed by atoms with Gasteiger partial charge in [-0.15, -0.1) is 20.4 Å². The lowest BCUT2D eigenvalue weighted by atomic mass is 10.3. The summed E-state index contributed by atoms with van der Waals surface area (Å²) in [5.74, 6) is -0.0830. The minimum absolute atomic E-state index is 0.239. The maximum atomic E-state index is 13.4. The Morgan fingerprint density at radius 3 is 2.79 bits per heavy atom. The number of halogens is 3. The van der Waals surface area contributed by atoms with Gasteiger partial charge in [0.2, 0.25) is 17.9 Å². The van der Waals surface area contributed by atoms with Gasteiger partial charge in [-0.3, -0.25) is 0 Å². The smallest absolute Gasteiger partial charge is 0.426 e. The molecule has 1 aliphatic rings. The molecule has 0 atom stereocenters. The van der Waals surface area contributed by atoms with Crippen LogP contribution in [-0.2, 0) is 10.9 Å². The number of methoxy groups -OCH3 is 1. The van der Waals surface area contributed by atoms with Crippen molar-refractivity contribution in [1.29, 1.82) is 0 Å². The van der Waals surface area contributed by atoms with Crippen LogP contribution in [0.25, 0.3) is 5.69 Å². The minimum atomic E-state index is -4.61. The fourth-order valence-corrected chi connectivity index (χ4v) is 2.02. The van der Waals surface area contributed by atoms with E-state index in [0.29, 0.717) is 11.4 Å². The number of rotatable bonds is 3. The van der Waals surface area contributed by atoms with E-state index in [4.69, 9.17) is 4.74 Å². The topological polar surface area (TPSA) is 95.2 Å². The van der Waals surface area contributed by atoms with E-state index < -0.39 is 11.7 Å². The zero-order valence-corrected chi connectivity index (χ0v) is 12.5. The molecule has 2 N–H and O–H groups in total. The second-order valence-electron chi connectivity index (χ2n) is 4.70. The van der Waals surface area contributed by atoms with E-state index in [9.17, 15) is 13.2 Å². The SMILES string of the molecule is COC1=CC=NN(c2[nH][n+](-c3cnnnc3C)cc2C(F)(F)F)N1. The van der Waals surface area contributed by atoms with Crippen molar-refractivity contribution in [2.75, 3.05) is 12.2 Å². The van der Waals surface area contributed by atoms with Crippen molar-refractivity contribution in [3.8, 4) is 5.69 Å². The molecule has 126 valence electrons. The second kappa shape index (κ2) is 5.79. The summed E-state index contributed by atoms with van der Waals surface area (Å²) in [4.78, 5) is 0. The molecule has 0 bridgehead atoms. The molecular formula is C12H12F3N8O+. The van der Waals surface area contributed by atoms with Crippen molar-refractivity contribution in [3.63, 3.8) is 0 Å². The number of nitrogens with one attached hydrogen (secondary N) is 2. The highest BCUT2D eigenvalue weighted by atomic mass is 19.4. The van der Waals surface area contributed by atoms with Gasteiger partial charge in [-0.2, -0.15) is 18.3 Å². The van der Waals surface area contributed by atoms with E-state index in [1.54, 1.807) is 6.92 Å². The normalized spacial score (nSPS) is 14.4. The van der Waals surface area contributed by atoms with E-state index in [1.807, 2.05) is 0 Å². The molecule has 3 heterocycles. The van der Waals surface area contributed by atoms with Crippen LogP contribution < -0.4 is 15.2 Å². The molecule has 0 saturated heterocycles. The summed E-state index contributed by atoms with van der Waals surface area (Å²) < 4.78 is 46.3. The third-order valence-corrected chi connectivity index (χ3v) is 3.16. The average molecular weight is 341 g/mol. The summed E-state index contributed by atoms with van der Waals surface area (Å²) in [7, 11) is 1.38. The number of hydrazone groups is 1. The predicted octanol–water partition coefficient (Wildman–Crippen LogP) is 0.602. The van der Waals surface area contributed by atoms with E-state index in [0.717, 1.165) is 16.0 Å². The van der Waals surface area contributed by atoms with Gasteiger partial charge in [0.05, 0.1) is 13.3 Å². The number of alkyl halides is 3. The van der Waals surface area contributed by atoms with Crippen molar-refractivity contribution in [1.82, 2.24) is 25.9 Å². The lowest BCUT2D eigenvalue weighted by Gasteiger charge is -2.22. The number of nitrogens with zero attached hydrogens (tertiary/aromatic N) is 6. The van der Waals surface area contributed by atoms with Crippen LogP contribution >= 0.6 is 0 Å². The van der Waals surface area contributed by atoms with Gasteiger partial charge in [0, 0.05) is 6.08 Å². The maximum absolute atomic E-state index is 13.4. The molecule has 0 spiro atoms. The highest BCUT2D eigenvalue weighted by molar-refractivity contribution is 5.74. The molecule has 0 aromatic carbocycles. The number of hydrogen-bond donors (Lipinski definition) is 2. The van der Waals surface area contributed by atoms with E-state index in [2.05, 4.69) is 31.0 Å². The second-order valence-corrected chi connectivity index (χ2v) is 4.70. The summed E-state index contributed by atoms with van der Waals surface area (Å²) in [5.41, 5.74) is 2.40. The van der Waals surface area contributed by atoms with Gasteiger partial charge in [-0.25, -0.2) is 5.43 Å². The first-order valence-electron chi connectivity index (χ1n) is 6.62. The number of allylic oxidation sites excluding steroid dienone is 1. The van der Waals surface area contributed by atoms with Crippen LogP contribution in [0.2, 0.25) is 0 Å². The Morgan fingerprint density at radius 2 is 2.12 bits per heavy atom. The quantitative estimate of drug-likeness (QED) is 0.794. The van der Waals surface area contributed by atoms with E-state index in [-0.39, 0.29) is 11.7 Å². The molecule has 0 aliphatic carbocycles. The molecule has 2 aromatic rings. The lowest BCUT2D eigenvalue weighted by Crippen LogP contribution is -2.39. The van der Waals surface area contributed by atoms with Crippen molar-refractivity contribution < 1.29 is 22.6 Å². The molecular weight excluding hydrogens is 329 g/mol. The first-order valence-corrected chi connectivity index (χ1v) is 6.62. The van der Waals surface area contributed by atoms with Crippen molar-refractivity contribution >= 4 is 12.0 Å². The van der Waals surface area contributed by atoms with Gasteiger partial charge < -0.3 is 4.74 Å². The Kier molecular flexibility index (Phi) is 3.79. The maximum Gasteiger partial charge on any atom is 0.426 e. The highest BCUT2D eigenvalue weighted by Crippen LogP contribution is 2.35. The van der Waals surface area contributed by atoms with Crippen molar-refractivity contribution in [2.45, 2.75) is 13.1 Å². The van der Waals surface area contributed by atoms with Crippen molar-refractivity contribution in [2.24, 2.45) is 5.10 Å². The van der Waals surface area contributed by atoms with Crippen LogP contribution in [-0.4, -0.2) is 33.8 Å². The minimum Gasteiger partial charge on any atom is -0.481 e. The number of ether oxygens (including phenoxy) is 1. The summed E-state index contributed by atoms with van der Waals surface area (Å²) in [6.45, 7) is 1.61. The Labute approximate surface area is 133 Å². The largest absolute Gasteiger partial charge is 0.481 e. The van der Waals surface area contributed by atoms with Crippen LogP contribution in [0.15, 0.2) is 29.5 Å². The van der Waals surface area contributed by atoms with Gasteiger partial charge in [0.15, 0.2) is 5.56 Å². The third kappa shape index (κ3) is 2.85. The zero-order chi connectivity index (χ0) is 17.3. The number of H-pyrrole nitrogens is 1.